The Bertz CT molecular complexity index is 2690. The number of rotatable bonds is 2. The summed E-state index contributed by atoms with van der Waals surface area (Å²) in [5, 5.41) is 4.63. The van der Waals surface area contributed by atoms with Crippen LogP contribution in [-0.2, 0) is 12.4 Å². The number of hydrogen-bond donors (Lipinski definition) is 0. The molecule has 0 amide bonds. The summed E-state index contributed by atoms with van der Waals surface area (Å²) in [6.07, 6.45) is -9.07. The van der Waals surface area contributed by atoms with Crippen molar-refractivity contribution in [2.24, 2.45) is 0 Å². The number of halogens is 6. The van der Waals surface area contributed by atoms with Crippen LogP contribution in [0.15, 0.2) is 133 Å². The van der Waals surface area contributed by atoms with E-state index >= 15 is 0 Å². The predicted octanol–water partition coefficient (Wildman–Crippen LogP) is 14.0. The highest BCUT2D eigenvalue weighted by molar-refractivity contribution is 7.25. The van der Waals surface area contributed by atoms with Gasteiger partial charge in [-0.3, -0.25) is 0 Å². The Hall–Kier alpha value is -5.40. The second-order valence-electron chi connectivity index (χ2n) is 12.2. The molecule has 0 saturated heterocycles. The maximum absolute atomic E-state index is 14.5. The zero-order valence-corrected chi connectivity index (χ0v) is 26.2. The molecule has 0 radical (unpaired) electrons. The molecule has 238 valence electrons. The van der Waals surface area contributed by atoms with Gasteiger partial charge < -0.3 is 0 Å². The highest BCUT2D eigenvalue weighted by Gasteiger charge is 2.37. The molecular weight excluding hydrogens is 651 g/mol. The summed E-state index contributed by atoms with van der Waals surface area (Å²) in [6, 6.07) is 38.6. The molecule has 9 rings (SSSR count). The first kappa shape index (κ1) is 29.7. The van der Waals surface area contributed by atoms with Crippen LogP contribution in [0, 0.1) is 0 Å². The predicted molar refractivity (Wildman–Crippen MR) is 190 cm³/mol. The number of alkyl halides is 6. The van der Waals surface area contributed by atoms with Gasteiger partial charge in [0.15, 0.2) is 0 Å². The molecule has 7 heteroatoms. The lowest BCUT2D eigenvalue weighted by Gasteiger charge is -2.19. The summed E-state index contributed by atoms with van der Waals surface area (Å²) in [5.74, 6) is 0. The lowest BCUT2D eigenvalue weighted by Crippen LogP contribution is -2.07. The Morgan fingerprint density at radius 2 is 0.694 bits per heavy atom. The summed E-state index contributed by atoms with van der Waals surface area (Å²) >= 11 is 1.58. The quantitative estimate of drug-likeness (QED) is 0.127. The van der Waals surface area contributed by atoms with Crippen molar-refractivity contribution in [1.82, 2.24) is 0 Å². The lowest BCUT2D eigenvalue weighted by molar-refractivity contribution is -0.135. The Kier molecular flexibility index (Phi) is 6.40. The number of thiophene rings is 1. The van der Waals surface area contributed by atoms with Crippen molar-refractivity contribution < 1.29 is 26.3 Å². The van der Waals surface area contributed by atoms with E-state index in [2.05, 4.69) is 0 Å². The average Bonchev–Trinajstić information content (AvgIpc) is 3.45. The van der Waals surface area contributed by atoms with Crippen molar-refractivity contribution >= 4 is 74.6 Å². The summed E-state index contributed by atoms with van der Waals surface area (Å²) < 4.78 is 88.8. The molecule has 8 aromatic carbocycles. The summed E-state index contributed by atoms with van der Waals surface area (Å²) in [5.41, 5.74) is 1.81. The van der Waals surface area contributed by atoms with Gasteiger partial charge in [-0.15, -0.1) is 11.3 Å². The molecule has 0 N–H and O–H groups in total. The van der Waals surface area contributed by atoms with Gasteiger partial charge >= 0.3 is 12.4 Å². The van der Waals surface area contributed by atoms with Gasteiger partial charge in [-0.2, -0.15) is 26.3 Å². The molecule has 0 fully saturated rings. The topological polar surface area (TPSA) is 0 Å². The standard InChI is InChI=1S/C42H22F6S/c43-41(44,45)39-30-13-5-1-9-26(30)37(27-10-2-6-14-31(27)39)23-18-20-35-34(21-23)25-19-17-24(22-36(25)49-35)38-28-11-3-7-15-32(28)40(42(46,47)48)33-16-8-4-12-29(33)38/h1-22H. The SMILES string of the molecule is FC(F)(F)c1c2ccccc2c(-c2ccc3c(c2)sc2ccc(-c4c5ccccc5c(C(F)(F)F)c5ccccc45)cc23)c2ccccc12. The zero-order valence-electron chi connectivity index (χ0n) is 25.4. The molecule has 49 heavy (non-hydrogen) atoms. The van der Waals surface area contributed by atoms with Gasteiger partial charge in [-0.1, -0.05) is 115 Å². The Morgan fingerprint density at radius 3 is 1.10 bits per heavy atom. The first-order chi connectivity index (χ1) is 23.6. The molecule has 0 nitrogen and oxygen atoms in total. The third-order valence-electron chi connectivity index (χ3n) is 9.48. The third-order valence-corrected chi connectivity index (χ3v) is 10.6. The van der Waals surface area contributed by atoms with E-state index in [0.29, 0.717) is 21.5 Å². The largest absolute Gasteiger partial charge is 0.417 e. The van der Waals surface area contributed by atoms with Crippen molar-refractivity contribution in [3.8, 4) is 22.3 Å². The van der Waals surface area contributed by atoms with E-state index in [1.54, 1.807) is 84.1 Å². The number of fused-ring (bicyclic) bond motifs is 7. The Labute approximate surface area is 279 Å². The maximum Gasteiger partial charge on any atom is 0.417 e. The van der Waals surface area contributed by atoms with Crippen LogP contribution in [0.5, 0.6) is 0 Å². The van der Waals surface area contributed by atoms with Gasteiger partial charge in [0.25, 0.3) is 0 Å². The second kappa shape index (κ2) is 10.5. The normalized spacial score (nSPS) is 12.7. The fourth-order valence-corrected chi connectivity index (χ4v) is 8.70. The Morgan fingerprint density at radius 1 is 0.327 bits per heavy atom. The molecule has 1 heterocycles. The fraction of sp³-hybridized carbons (Fsp3) is 0.0476. The van der Waals surface area contributed by atoms with Crippen LogP contribution in [-0.4, -0.2) is 0 Å². The smallest absolute Gasteiger partial charge is 0.166 e. The van der Waals surface area contributed by atoms with E-state index in [1.807, 2.05) is 36.4 Å². The minimum Gasteiger partial charge on any atom is -0.166 e. The average molecular weight is 673 g/mol. The minimum absolute atomic E-state index is 0.152. The minimum atomic E-state index is -4.54. The van der Waals surface area contributed by atoms with E-state index < -0.39 is 23.5 Å². The zero-order chi connectivity index (χ0) is 33.7. The fourth-order valence-electron chi connectivity index (χ4n) is 7.58. The summed E-state index contributed by atoms with van der Waals surface area (Å²) in [6.45, 7) is 0. The van der Waals surface area contributed by atoms with Crippen LogP contribution in [0.3, 0.4) is 0 Å². The molecule has 0 aliphatic heterocycles. The van der Waals surface area contributed by atoms with E-state index in [1.165, 1.54) is 24.3 Å². The molecule has 0 bridgehead atoms. The monoisotopic (exact) mass is 672 g/mol. The molecule has 0 aliphatic rings. The molecule has 0 unspecified atom stereocenters. The first-order valence-electron chi connectivity index (χ1n) is 15.6. The van der Waals surface area contributed by atoms with E-state index in [-0.39, 0.29) is 21.5 Å². The van der Waals surface area contributed by atoms with Crippen molar-refractivity contribution in [2.75, 3.05) is 0 Å². The van der Waals surface area contributed by atoms with E-state index in [9.17, 15) is 26.3 Å². The van der Waals surface area contributed by atoms with Crippen LogP contribution in [0.25, 0.3) is 85.5 Å². The molecular formula is C42H22F6S. The van der Waals surface area contributed by atoms with E-state index in [0.717, 1.165) is 42.4 Å². The van der Waals surface area contributed by atoms with Gasteiger partial charge in [-0.25, -0.2) is 0 Å². The summed E-state index contributed by atoms with van der Waals surface area (Å²) in [7, 11) is 0. The third kappa shape index (κ3) is 4.52. The molecule has 0 spiro atoms. The summed E-state index contributed by atoms with van der Waals surface area (Å²) in [4.78, 5) is 0. The number of benzene rings is 8. The number of hydrogen-bond acceptors (Lipinski definition) is 1. The van der Waals surface area contributed by atoms with Crippen LogP contribution in [0.1, 0.15) is 11.1 Å². The highest BCUT2D eigenvalue weighted by atomic mass is 32.1. The van der Waals surface area contributed by atoms with Crippen LogP contribution >= 0.6 is 11.3 Å². The van der Waals surface area contributed by atoms with Gasteiger partial charge in [0, 0.05) is 20.2 Å². The molecule has 9 aromatic rings. The van der Waals surface area contributed by atoms with Crippen LogP contribution < -0.4 is 0 Å². The lowest BCUT2D eigenvalue weighted by atomic mass is 9.87. The van der Waals surface area contributed by atoms with Gasteiger partial charge in [0.2, 0.25) is 0 Å². The molecule has 0 aliphatic carbocycles. The Balaban J connectivity index is 1.28. The van der Waals surface area contributed by atoms with Crippen molar-refractivity contribution in [1.29, 1.82) is 0 Å². The second-order valence-corrected chi connectivity index (χ2v) is 13.3. The van der Waals surface area contributed by atoms with Gasteiger partial charge in [0.1, 0.15) is 0 Å². The van der Waals surface area contributed by atoms with Gasteiger partial charge in [0.05, 0.1) is 11.1 Å². The van der Waals surface area contributed by atoms with Crippen LogP contribution in [0.2, 0.25) is 0 Å². The molecule has 0 saturated carbocycles. The van der Waals surface area contributed by atoms with Crippen molar-refractivity contribution in [3.05, 3.63) is 145 Å². The van der Waals surface area contributed by atoms with Gasteiger partial charge in [-0.05, 0) is 83.5 Å². The maximum atomic E-state index is 14.5. The van der Waals surface area contributed by atoms with Crippen molar-refractivity contribution in [3.63, 3.8) is 0 Å². The molecule has 1 aromatic heterocycles. The van der Waals surface area contributed by atoms with Crippen LogP contribution in [0.4, 0.5) is 26.3 Å². The first-order valence-corrected chi connectivity index (χ1v) is 16.4. The van der Waals surface area contributed by atoms with Crippen molar-refractivity contribution in [2.45, 2.75) is 12.4 Å². The van der Waals surface area contributed by atoms with E-state index in [4.69, 9.17) is 0 Å². The highest BCUT2D eigenvalue weighted by Crippen LogP contribution is 2.49. The molecule has 0 atom stereocenters.